The molecule has 16 heteroatoms. The average Bonchev–Trinajstić information content (AvgIpc) is 3.11. The Kier molecular flexibility index (Phi) is 19.0. The summed E-state index contributed by atoms with van der Waals surface area (Å²) < 4.78 is 21.1. The molecule has 0 aliphatic carbocycles. The third-order valence-electron chi connectivity index (χ3n) is 7.69. The van der Waals surface area contributed by atoms with E-state index in [9.17, 15) is 33.6 Å². The molecule has 0 heterocycles. The van der Waals surface area contributed by atoms with Crippen molar-refractivity contribution in [3.8, 4) is 0 Å². The van der Waals surface area contributed by atoms with Gasteiger partial charge in [-0.1, -0.05) is 60.7 Å². The number of benzene rings is 2. The van der Waals surface area contributed by atoms with Gasteiger partial charge in [0.1, 0.15) is 42.0 Å². The molecule has 0 spiro atoms. The molecule has 2 aromatic carbocycles. The summed E-state index contributed by atoms with van der Waals surface area (Å²) in [4.78, 5) is 90.6. The van der Waals surface area contributed by atoms with Gasteiger partial charge in [0, 0.05) is 13.1 Å². The van der Waals surface area contributed by atoms with Crippen LogP contribution >= 0.6 is 0 Å². The van der Waals surface area contributed by atoms with Crippen LogP contribution in [-0.4, -0.2) is 83.8 Å². The number of hydrogen-bond acceptors (Lipinski definition) is 11. The van der Waals surface area contributed by atoms with Gasteiger partial charge in [-0.2, -0.15) is 0 Å². The van der Waals surface area contributed by atoms with Crippen LogP contribution in [0.4, 0.5) is 9.59 Å². The van der Waals surface area contributed by atoms with E-state index in [-0.39, 0.29) is 39.1 Å². The van der Waals surface area contributed by atoms with Gasteiger partial charge in [-0.05, 0) is 85.8 Å². The molecule has 0 bridgehead atoms. The molecular formula is C41H59N5O11. The van der Waals surface area contributed by atoms with Gasteiger partial charge in [0.15, 0.2) is 0 Å². The lowest BCUT2D eigenvalue weighted by Gasteiger charge is -2.29. The van der Waals surface area contributed by atoms with Crippen LogP contribution in [0.2, 0.25) is 0 Å². The maximum absolute atomic E-state index is 13.8. The van der Waals surface area contributed by atoms with Gasteiger partial charge >= 0.3 is 24.1 Å². The third kappa shape index (κ3) is 20.7. The second-order valence-corrected chi connectivity index (χ2v) is 15.8. The summed E-state index contributed by atoms with van der Waals surface area (Å²) in [7, 11) is 0. The first-order valence-electron chi connectivity index (χ1n) is 18.9. The Balaban J connectivity index is 2.11. The van der Waals surface area contributed by atoms with Crippen LogP contribution in [-0.2, 0) is 56.1 Å². The van der Waals surface area contributed by atoms with Crippen molar-refractivity contribution in [2.45, 2.75) is 130 Å². The number of hydrogen-bond donors (Lipinski definition) is 5. The Hall–Kier alpha value is -5.67. The molecule has 0 fully saturated rings. The molecule has 314 valence electrons. The molecule has 0 radical (unpaired) electrons. The van der Waals surface area contributed by atoms with Crippen molar-refractivity contribution in [3.05, 3.63) is 71.8 Å². The Morgan fingerprint density at radius 3 is 1.70 bits per heavy atom. The van der Waals surface area contributed by atoms with Crippen molar-refractivity contribution in [2.75, 3.05) is 13.1 Å². The Morgan fingerprint density at radius 2 is 1.14 bits per heavy atom. The highest BCUT2D eigenvalue weighted by atomic mass is 16.6. The van der Waals surface area contributed by atoms with Crippen LogP contribution in [0.1, 0.15) is 98.6 Å². The number of amides is 5. The summed E-state index contributed by atoms with van der Waals surface area (Å²) in [5, 5.41) is 12.9. The average molecular weight is 798 g/mol. The highest BCUT2D eigenvalue weighted by molar-refractivity contribution is 5.96. The molecule has 0 aliphatic rings. The quantitative estimate of drug-likeness (QED) is 0.0722. The fourth-order valence-electron chi connectivity index (χ4n) is 4.95. The molecule has 0 saturated heterocycles. The topological polar surface area (TPSA) is 217 Å². The monoisotopic (exact) mass is 797 g/mol. The van der Waals surface area contributed by atoms with Crippen LogP contribution in [0.15, 0.2) is 60.7 Å². The lowest BCUT2D eigenvalue weighted by atomic mass is 10.0. The second-order valence-electron chi connectivity index (χ2n) is 15.8. The summed E-state index contributed by atoms with van der Waals surface area (Å²) in [5.41, 5.74) is -1.68. The van der Waals surface area contributed by atoms with Gasteiger partial charge in [0.25, 0.3) is 0 Å². The van der Waals surface area contributed by atoms with E-state index in [0.717, 1.165) is 11.1 Å². The lowest BCUT2D eigenvalue weighted by Crippen LogP contribution is -2.60. The first-order valence-corrected chi connectivity index (χ1v) is 18.9. The number of alkyl carbamates (subject to hydrolysis) is 2. The third-order valence-corrected chi connectivity index (χ3v) is 7.69. The first kappa shape index (κ1) is 47.5. The summed E-state index contributed by atoms with van der Waals surface area (Å²) >= 11 is 0. The van der Waals surface area contributed by atoms with E-state index in [4.69, 9.17) is 18.9 Å². The Bertz CT molecular complexity index is 1610. The second kappa shape index (κ2) is 22.8. The number of carbonyl (C=O) groups is 7. The number of unbranched alkanes of at least 4 members (excludes halogenated alkanes) is 1. The lowest BCUT2D eigenvalue weighted by molar-refractivity contribution is -0.156. The molecule has 2 unspecified atom stereocenters. The predicted octanol–water partition coefficient (Wildman–Crippen LogP) is 4.34. The van der Waals surface area contributed by atoms with E-state index in [1.54, 1.807) is 41.5 Å². The SMILES string of the molecule is CC(C)(C)OC(=O)CC(NC(=O)OC(C)(C)C)C(=O)NC(CCCCNC(=O)OCc1ccccc1)C(=O)NC(C)(C)C(=O)NCCC(=O)OCc1ccccc1. The number of esters is 2. The van der Waals surface area contributed by atoms with Crippen molar-refractivity contribution < 1.29 is 52.5 Å². The van der Waals surface area contributed by atoms with E-state index in [1.807, 2.05) is 60.7 Å². The van der Waals surface area contributed by atoms with Gasteiger partial charge in [-0.3, -0.25) is 24.0 Å². The number of ether oxygens (including phenoxy) is 4. The van der Waals surface area contributed by atoms with Crippen molar-refractivity contribution in [2.24, 2.45) is 0 Å². The van der Waals surface area contributed by atoms with Gasteiger partial charge in [0.05, 0.1) is 12.8 Å². The largest absolute Gasteiger partial charge is 0.461 e. The van der Waals surface area contributed by atoms with E-state index >= 15 is 0 Å². The van der Waals surface area contributed by atoms with Crippen molar-refractivity contribution in [3.63, 3.8) is 0 Å². The first-order chi connectivity index (χ1) is 26.6. The summed E-state index contributed by atoms with van der Waals surface area (Å²) in [6, 6.07) is 15.5. The smallest absolute Gasteiger partial charge is 0.408 e. The fraction of sp³-hybridized carbons (Fsp3) is 0.537. The minimum Gasteiger partial charge on any atom is -0.461 e. The number of rotatable bonds is 20. The molecule has 2 atom stereocenters. The Labute approximate surface area is 334 Å². The van der Waals surface area contributed by atoms with E-state index in [1.165, 1.54) is 13.8 Å². The van der Waals surface area contributed by atoms with E-state index in [2.05, 4.69) is 26.6 Å². The van der Waals surface area contributed by atoms with Crippen LogP contribution < -0.4 is 26.6 Å². The molecule has 5 amide bonds. The molecule has 2 aromatic rings. The highest BCUT2D eigenvalue weighted by Crippen LogP contribution is 2.13. The number of nitrogens with one attached hydrogen (secondary N) is 5. The normalized spacial score (nSPS) is 12.5. The molecule has 0 aliphatic heterocycles. The molecular weight excluding hydrogens is 738 g/mol. The number of carbonyl (C=O) groups excluding carboxylic acids is 7. The fourth-order valence-corrected chi connectivity index (χ4v) is 4.95. The molecule has 0 aromatic heterocycles. The summed E-state index contributed by atoms with van der Waals surface area (Å²) in [5.74, 6) is -3.54. The Morgan fingerprint density at radius 1 is 0.579 bits per heavy atom. The molecule has 16 nitrogen and oxygen atoms in total. The van der Waals surface area contributed by atoms with Crippen LogP contribution in [0, 0.1) is 0 Å². The standard InChI is InChI=1S/C41H59N5O11/c1-39(2,3)56-33(48)25-31(45-38(53)57-40(4,5)6)34(49)44-30(21-15-16-23-43-37(52)55-27-29-19-13-10-14-20-29)35(50)46-41(7,8)36(51)42-24-22-32(47)54-26-28-17-11-9-12-18-28/h9-14,17-20,30-31H,15-16,21-27H2,1-8H3,(H,42,51)(H,43,52)(H,44,49)(H,45,53)(H,46,50). The van der Waals surface area contributed by atoms with Crippen molar-refractivity contribution >= 4 is 41.8 Å². The highest BCUT2D eigenvalue weighted by Gasteiger charge is 2.35. The maximum atomic E-state index is 13.8. The predicted molar refractivity (Wildman–Crippen MR) is 210 cm³/mol. The summed E-state index contributed by atoms with van der Waals surface area (Å²) in [6.07, 6.45) is -1.57. The summed E-state index contributed by atoms with van der Waals surface area (Å²) in [6.45, 7) is 13.0. The van der Waals surface area contributed by atoms with E-state index < -0.39 is 77.1 Å². The zero-order valence-electron chi connectivity index (χ0n) is 34.3. The molecule has 5 N–H and O–H groups in total. The minimum atomic E-state index is -1.51. The van der Waals surface area contributed by atoms with Gasteiger partial charge in [-0.25, -0.2) is 9.59 Å². The van der Waals surface area contributed by atoms with Crippen molar-refractivity contribution in [1.82, 2.24) is 26.6 Å². The minimum absolute atomic E-state index is 0.0366. The van der Waals surface area contributed by atoms with E-state index in [0.29, 0.717) is 12.8 Å². The van der Waals surface area contributed by atoms with Crippen LogP contribution in [0.3, 0.4) is 0 Å². The van der Waals surface area contributed by atoms with Crippen molar-refractivity contribution in [1.29, 1.82) is 0 Å². The van der Waals surface area contributed by atoms with Crippen LogP contribution in [0.25, 0.3) is 0 Å². The van der Waals surface area contributed by atoms with Gasteiger partial charge in [0.2, 0.25) is 17.7 Å². The van der Waals surface area contributed by atoms with Gasteiger partial charge in [-0.15, -0.1) is 0 Å². The maximum Gasteiger partial charge on any atom is 0.408 e. The molecule has 57 heavy (non-hydrogen) atoms. The van der Waals surface area contributed by atoms with Gasteiger partial charge < -0.3 is 45.5 Å². The van der Waals surface area contributed by atoms with Crippen LogP contribution in [0.5, 0.6) is 0 Å². The molecule has 2 rings (SSSR count). The zero-order chi connectivity index (χ0) is 42.6. The zero-order valence-corrected chi connectivity index (χ0v) is 34.3. The molecule has 0 saturated carbocycles.